The number of benzene rings is 2. The van der Waals surface area contributed by atoms with E-state index in [2.05, 4.69) is 36.4 Å². The first-order valence-corrected chi connectivity index (χ1v) is 12.5. The number of halogens is 3. The Morgan fingerprint density at radius 3 is 2.53 bits per heavy atom. The number of nitrogens with zero attached hydrogens (tertiary/aromatic N) is 3. The van der Waals surface area contributed by atoms with Gasteiger partial charge in [0.05, 0.1) is 29.1 Å². The monoisotopic (exact) mass is 582 g/mol. The summed E-state index contributed by atoms with van der Waals surface area (Å²) in [5, 5.41) is 5.54. The number of rotatable bonds is 9. The summed E-state index contributed by atoms with van der Waals surface area (Å²) in [5.74, 6) is 0.922. The van der Waals surface area contributed by atoms with Crippen molar-refractivity contribution in [3.05, 3.63) is 73.4 Å². The minimum atomic E-state index is -0.270. The fourth-order valence-corrected chi connectivity index (χ4v) is 4.29. The number of hydrogen-bond acceptors (Lipinski definition) is 7. The standard InChI is InChI=1S/C23H21BrCl2N4O3S/c1-13-6-14(2)29-23(28-13)34-12-22(31)30-27-10-16-8-20(32-3)21(9-17(16)24)33-11-15-4-5-18(25)19(26)7-15/h4-10H,11-12H2,1-3H3,(H,30,31)/b27-10-. The Balaban J connectivity index is 1.59. The quantitative estimate of drug-likeness (QED) is 0.144. The lowest BCUT2D eigenvalue weighted by Gasteiger charge is -2.13. The molecule has 1 heterocycles. The van der Waals surface area contributed by atoms with E-state index >= 15 is 0 Å². The highest BCUT2D eigenvalue weighted by Crippen LogP contribution is 2.34. The van der Waals surface area contributed by atoms with Crippen LogP contribution in [0.15, 0.2) is 51.1 Å². The van der Waals surface area contributed by atoms with E-state index in [4.69, 9.17) is 32.7 Å². The highest BCUT2D eigenvalue weighted by atomic mass is 79.9. The third-order valence-electron chi connectivity index (χ3n) is 4.35. The molecule has 0 aliphatic heterocycles. The normalized spacial score (nSPS) is 11.0. The van der Waals surface area contributed by atoms with E-state index in [1.807, 2.05) is 26.0 Å². The van der Waals surface area contributed by atoms with Crippen LogP contribution in [-0.2, 0) is 11.4 Å². The van der Waals surface area contributed by atoms with E-state index in [1.54, 1.807) is 31.4 Å². The summed E-state index contributed by atoms with van der Waals surface area (Å²) in [6.07, 6.45) is 1.52. The van der Waals surface area contributed by atoms with Crippen molar-refractivity contribution >= 4 is 63.0 Å². The third kappa shape index (κ3) is 7.59. The molecular formula is C23H21BrCl2N4O3S. The van der Waals surface area contributed by atoms with Crippen LogP contribution in [0.5, 0.6) is 11.5 Å². The second-order valence-electron chi connectivity index (χ2n) is 7.08. The summed E-state index contributed by atoms with van der Waals surface area (Å²) in [6.45, 7) is 4.06. The first-order chi connectivity index (χ1) is 16.2. The number of carbonyl (C=O) groups excluding carboxylic acids is 1. The molecule has 0 bridgehead atoms. The number of methoxy groups -OCH3 is 1. The van der Waals surface area contributed by atoms with Gasteiger partial charge in [0.2, 0.25) is 0 Å². The van der Waals surface area contributed by atoms with E-state index < -0.39 is 0 Å². The molecule has 0 atom stereocenters. The van der Waals surface area contributed by atoms with Gasteiger partial charge in [0.25, 0.3) is 5.91 Å². The van der Waals surface area contributed by atoms with Gasteiger partial charge in [-0.2, -0.15) is 5.10 Å². The number of ether oxygens (including phenoxy) is 2. The molecule has 0 unspecified atom stereocenters. The van der Waals surface area contributed by atoms with Gasteiger partial charge in [-0.15, -0.1) is 0 Å². The Morgan fingerprint density at radius 1 is 1.12 bits per heavy atom. The fraction of sp³-hybridized carbons (Fsp3) is 0.217. The molecule has 1 amide bonds. The van der Waals surface area contributed by atoms with Crippen molar-refractivity contribution in [2.45, 2.75) is 25.6 Å². The number of aromatic nitrogens is 2. The van der Waals surface area contributed by atoms with Crippen LogP contribution < -0.4 is 14.9 Å². The molecule has 0 saturated heterocycles. The van der Waals surface area contributed by atoms with Crippen LogP contribution in [0, 0.1) is 13.8 Å². The highest BCUT2D eigenvalue weighted by Gasteiger charge is 2.11. The summed E-state index contributed by atoms with van der Waals surface area (Å²) in [6, 6.07) is 10.7. The van der Waals surface area contributed by atoms with Crippen LogP contribution in [0.4, 0.5) is 0 Å². The van der Waals surface area contributed by atoms with Crippen LogP contribution in [0.25, 0.3) is 0 Å². The zero-order valence-electron chi connectivity index (χ0n) is 18.6. The first-order valence-electron chi connectivity index (χ1n) is 9.96. The Labute approximate surface area is 220 Å². The molecule has 1 aromatic heterocycles. The molecule has 3 rings (SSSR count). The maximum absolute atomic E-state index is 12.1. The van der Waals surface area contributed by atoms with Crippen molar-refractivity contribution < 1.29 is 14.3 Å². The lowest BCUT2D eigenvalue weighted by atomic mass is 10.2. The van der Waals surface area contributed by atoms with Gasteiger partial charge in [-0.1, -0.05) is 41.0 Å². The van der Waals surface area contributed by atoms with Crippen molar-refractivity contribution in [3.63, 3.8) is 0 Å². The number of aryl methyl sites for hydroxylation is 2. The fourth-order valence-electron chi connectivity index (χ4n) is 2.81. The molecular weight excluding hydrogens is 563 g/mol. The van der Waals surface area contributed by atoms with Gasteiger partial charge < -0.3 is 9.47 Å². The van der Waals surface area contributed by atoms with Crippen molar-refractivity contribution in [2.75, 3.05) is 12.9 Å². The smallest absolute Gasteiger partial charge is 0.250 e. The molecule has 0 radical (unpaired) electrons. The summed E-state index contributed by atoms with van der Waals surface area (Å²) in [4.78, 5) is 20.7. The lowest BCUT2D eigenvalue weighted by Crippen LogP contribution is -2.19. The first kappa shape index (κ1) is 26.3. The Bertz CT molecular complexity index is 1210. The predicted octanol–water partition coefficient (Wildman–Crippen LogP) is 5.99. The van der Waals surface area contributed by atoms with Gasteiger partial charge in [0, 0.05) is 21.4 Å². The average molecular weight is 584 g/mol. The zero-order chi connectivity index (χ0) is 24.7. The minimum Gasteiger partial charge on any atom is -0.493 e. The van der Waals surface area contributed by atoms with Crippen molar-refractivity contribution in [3.8, 4) is 11.5 Å². The second-order valence-corrected chi connectivity index (χ2v) is 9.69. The topological polar surface area (TPSA) is 85.7 Å². The van der Waals surface area contributed by atoms with E-state index in [-0.39, 0.29) is 18.3 Å². The lowest BCUT2D eigenvalue weighted by molar-refractivity contribution is -0.118. The zero-order valence-corrected chi connectivity index (χ0v) is 22.5. The molecule has 34 heavy (non-hydrogen) atoms. The predicted molar refractivity (Wildman–Crippen MR) is 139 cm³/mol. The highest BCUT2D eigenvalue weighted by molar-refractivity contribution is 9.10. The largest absolute Gasteiger partial charge is 0.493 e. The Morgan fingerprint density at radius 2 is 1.85 bits per heavy atom. The number of carbonyl (C=O) groups is 1. The van der Waals surface area contributed by atoms with Crippen molar-refractivity contribution in [1.82, 2.24) is 15.4 Å². The van der Waals surface area contributed by atoms with Gasteiger partial charge in [-0.25, -0.2) is 15.4 Å². The van der Waals surface area contributed by atoms with Crippen LogP contribution in [0.2, 0.25) is 10.0 Å². The van der Waals surface area contributed by atoms with Gasteiger partial charge in [0.1, 0.15) is 6.61 Å². The number of nitrogens with one attached hydrogen (secondary N) is 1. The summed E-state index contributed by atoms with van der Waals surface area (Å²) in [7, 11) is 1.55. The van der Waals surface area contributed by atoms with Crippen molar-refractivity contribution in [1.29, 1.82) is 0 Å². The Kier molecular flexibility index (Phi) is 9.58. The number of hydrogen-bond donors (Lipinski definition) is 1. The average Bonchev–Trinajstić information content (AvgIpc) is 2.79. The van der Waals surface area contributed by atoms with E-state index in [0.29, 0.717) is 36.7 Å². The SMILES string of the molecule is COc1cc(/C=N\NC(=O)CSc2nc(C)cc(C)n2)c(Br)cc1OCc1ccc(Cl)c(Cl)c1. The van der Waals surface area contributed by atoms with Crippen LogP contribution in [0.3, 0.4) is 0 Å². The summed E-state index contributed by atoms with van der Waals surface area (Å²) >= 11 is 16.8. The molecule has 0 fully saturated rings. The summed E-state index contributed by atoms with van der Waals surface area (Å²) in [5.41, 5.74) is 5.78. The van der Waals surface area contributed by atoms with Gasteiger partial charge in [-0.05, 0) is 65.7 Å². The molecule has 0 spiro atoms. The Hall–Kier alpha value is -2.33. The second kappa shape index (κ2) is 12.4. The summed E-state index contributed by atoms with van der Waals surface area (Å²) < 4.78 is 12.1. The molecule has 7 nitrogen and oxygen atoms in total. The molecule has 1 N–H and O–H groups in total. The molecule has 0 saturated carbocycles. The molecule has 2 aromatic carbocycles. The van der Waals surface area contributed by atoms with Crippen LogP contribution in [0.1, 0.15) is 22.5 Å². The van der Waals surface area contributed by atoms with Gasteiger partial charge in [0.15, 0.2) is 16.7 Å². The van der Waals surface area contributed by atoms with E-state index in [1.165, 1.54) is 18.0 Å². The van der Waals surface area contributed by atoms with Crippen LogP contribution in [-0.4, -0.2) is 35.0 Å². The molecule has 3 aromatic rings. The van der Waals surface area contributed by atoms with Crippen molar-refractivity contribution in [2.24, 2.45) is 5.10 Å². The van der Waals surface area contributed by atoms with Gasteiger partial charge in [-0.3, -0.25) is 4.79 Å². The maximum Gasteiger partial charge on any atom is 0.250 e. The molecule has 0 aliphatic rings. The minimum absolute atomic E-state index is 0.145. The van der Waals surface area contributed by atoms with Crippen LogP contribution >= 0.6 is 50.9 Å². The number of thioether (sulfide) groups is 1. The number of amides is 1. The molecule has 178 valence electrons. The third-order valence-corrected chi connectivity index (χ3v) is 6.62. The van der Waals surface area contributed by atoms with Gasteiger partial charge >= 0.3 is 0 Å². The number of hydrazone groups is 1. The van der Waals surface area contributed by atoms with E-state index in [0.717, 1.165) is 17.0 Å². The molecule has 0 aliphatic carbocycles. The molecule has 11 heteroatoms. The maximum atomic E-state index is 12.1. The van der Waals surface area contributed by atoms with E-state index in [9.17, 15) is 4.79 Å².